The van der Waals surface area contributed by atoms with Crippen LogP contribution < -0.4 is 5.32 Å². The number of likely N-dealkylation sites (N-methyl/N-ethyl adjacent to an activating group) is 1. The van der Waals surface area contributed by atoms with E-state index in [1.54, 1.807) is 6.33 Å². The Balaban J connectivity index is 1.53. The van der Waals surface area contributed by atoms with E-state index in [4.69, 9.17) is 0 Å². The van der Waals surface area contributed by atoms with Gasteiger partial charge in [-0.05, 0) is 38.9 Å². The molecule has 116 valence electrons. The van der Waals surface area contributed by atoms with E-state index in [9.17, 15) is 4.79 Å². The van der Waals surface area contributed by atoms with Crippen molar-refractivity contribution < 1.29 is 4.79 Å². The number of amides is 1. The molecule has 0 radical (unpaired) electrons. The molecule has 0 spiro atoms. The molecule has 1 atom stereocenters. The lowest BCUT2D eigenvalue weighted by molar-refractivity contribution is -0.133. The second kappa shape index (κ2) is 6.15. The second-order valence-electron chi connectivity index (χ2n) is 6.43. The highest BCUT2D eigenvalue weighted by Crippen LogP contribution is 2.18. The highest BCUT2D eigenvalue weighted by molar-refractivity contribution is 5.82. The van der Waals surface area contributed by atoms with Crippen LogP contribution in [0.1, 0.15) is 24.2 Å². The van der Waals surface area contributed by atoms with Crippen molar-refractivity contribution in [1.82, 2.24) is 25.1 Å². The molecule has 2 N–H and O–H groups in total. The van der Waals surface area contributed by atoms with Crippen LogP contribution in [0.4, 0.5) is 0 Å². The van der Waals surface area contributed by atoms with Gasteiger partial charge in [-0.15, -0.1) is 0 Å². The van der Waals surface area contributed by atoms with Gasteiger partial charge in [-0.2, -0.15) is 0 Å². The Morgan fingerprint density at radius 1 is 1.48 bits per heavy atom. The fraction of sp³-hybridized carbons (Fsp3) is 0.733. The van der Waals surface area contributed by atoms with E-state index in [2.05, 4.69) is 27.2 Å². The highest BCUT2D eigenvalue weighted by Gasteiger charge is 2.29. The second-order valence-corrected chi connectivity index (χ2v) is 6.43. The summed E-state index contributed by atoms with van der Waals surface area (Å²) in [7, 11) is 4.10. The molecule has 0 bridgehead atoms. The van der Waals surface area contributed by atoms with E-state index in [-0.39, 0.29) is 11.9 Å². The Bertz CT molecular complexity index is 492. The molecule has 0 aromatic carbocycles. The van der Waals surface area contributed by atoms with Crippen LogP contribution >= 0.6 is 0 Å². The smallest absolute Gasteiger partial charge is 0.239 e. The van der Waals surface area contributed by atoms with Crippen LogP contribution in [0.3, 0.4) is 0 Å². The fourth-order valence-electron chi connectivity index (χ4n) is 3.33. The number of carbonyl (C=O) groups is 1. The molecule has 0 aliphatic carbocycles. The molecule has 0 saturated carbocycles. The van der Waals surface area contributed by atoms with Gasteiger partial charge in [0, 0.05) is 26.6 Å². The van der Waals surface area contributed by atoms with Crippen molar-refractivity contribution in [3.8, 4) is 0 Å². The number of carbonyl (C=O) groups excluding carboxylic acids is 1. The van der Waals surface area contributed by atoms with Gasteiger partial charge in [0.05, 0.1) is 23.8 Å². The molecule has 21 heavy (non-hydrogen) atoms. The van der Waals surface area contributed by atoms with Crippen LogP contribution in [-0.4, -0.2) is 65.4 Å². The number of likely N-dealkylation sites (tertiary alicyclic amines) is 1. The van der Waals surface area contributed by atoms with Crippen molar-refractivity contribution in [2.75, 3.05) is 33.7 Å². The third-order valence-corrected chi connectivity index (χ3v) is 4.77. The molecule has 1 amide bonds. The summed E-state index contributed by atoms with van der Waals surface area (Å²) in [6.45, 7) is 3.86. The molecule has 1 unspecified atom stereocenters. The van der Waals surface area contributed by atoms with Crippen molar-refractivity contribution in [2.24, 2.45) is 5.92 Å². The predicted molar refractivity (Wildman–Crippen MR) is 80.8 cm³/mol. The van der Waals surface area contributed by atoms with Crippen molar-refractivity contribution >= 4 is 5.91 Å². The highest BCUT2D eigenvalue weighted by atomic mass is 16.2. The number of nitrogens with one attached hydrogen (secondary N) is 2. The summed E-state index contributed by atoms with van der Waals surface area (Å²) in [6, 6.07) is -0.128. The number of aromatic amines is 1. The number of hydrogen-bond donors (Lipinski definition) is 2. The fourth-order valence-corrected chi connectivity index (χ4v) is 3.33. The Morgan fingerprint density at radius 3 is 3.00 bits per heavy atom. The molecule has 1 saturated heterocycles. The molecule has 3 heterocycles. The lowest BCUT2D eigenvalue weighted by atomic mass is 9.96. The first-order valence-corrected chi connectivity index (χ1v) is 7.81. The molecule has 2 aliphatic heterocycles. The van der Waals surface area contributed by atoms with Crippen molar-refractivity contribution in [2.45, 2.75) is 31.8 Å². The monoisotopic (exact) mass is 291 g/mol. The average Bonchev–Trinajstić information content (AvgIpc) is 2.96. The molecule has 1 aromatic rings. The van der Waals surface area contributed by atoms with Crippen LogP contribution in [0.25, 0.3) is 0 Å². The number of piperidine rings is 1. The number of aromatic nitrogens is 2. The minimum Gasteiger partial charge on any atom is -0.347 e. The van der Waals surface area contributed by atoms with Crippen molar-refractivity contribution in [3.63, 3.8) is 0 Å². The molecule has 3 rings (SSSR count). The van der Waals surface area contributed by atoms with Gasteiger partial charge in [0.15, 0.2) is 0 Å². The predicted octanol–water partition coefficient (Wildman–Crippen LogP) is 0.224. The van der Waals surface area contributed by atoms with E-state index in [1.807, 2.05) is 11.9 Å². The number of rotatable bonds is 3. The Morgan fingerprint density at radius 2 is 2.24 bits per heavy atom. The number of hydrogen-bond acceptors (Lipinski definition) is 4. The molecule has 6 heteroatoms. The zero-order valence-electron chi connectivity index (χ0n) is 12.9. The third-order valence-electron chi connectivity index (χ3n) is 4.77. The van der Waals surface area contributed by atoms with Gasteiger partial charge in [-0.3, -0.25) is 10.1 Å². The number of imidazole rings is 1. The average molecular weight is 291 g/mol. The standard InChI is InChI=1S/C15H25N5O/c1-19-5-3-11(4-6-19)9-20(2)15(21)13-7-12-14(8-16-13)18-10-17-12/h10-11,13,16H,3-9H2,1-2H3,(H,17,18). The van der Waals surface area contributed by atoms with Gasteiger partial charge in [-0.1, -0.05) is 0 Å². The van der Waals surface area contributed by atoms with Crippen LogP contribution in [0, 0.1) is 5.92 Å². The third kappa shape index (κ3) is 3.27. The summed E-state index contributed by atoms with van der Waals surface area (Å²) < 4.78 is 0. The van der Waals surface area contributed by atoms with E-state index >= 15 is 0 Å². The minimum atomic E-state index is -0.128. The Kier molecular flexibility index (Phi) is 4.26. The van der Waals surface area contributed by atoms with Gasteiger partial charge in [0.2, 0.25) is 5.91 Å². The molecule has 6 nitrogen and oxygen atoms in total. The zero-order valence-corrected chi connectivity index (χ0v) is 12.9. The van der Waals surface area contributed by atoms with Gasteiger partial charge in [0.1, 0.15) is 0 Å². The summed E-state index contributed by atoms with van der Waals surface area (Å²) in [5, 5.41) is 3.32. The van der Waals surface area contributed by atoms with Gasteiger partial charge in [-0.25, -0.2) is 4.98 Å². The maximum absolute atomic E-state index is 12.6. The lowest BCUT2D eigenvalue weighted by Gasteiger charge is -2.33. The van der Waals surface area contributed by atoms with Crippen LogP contribution in [0.15, 0.2) is 6.33 Å². The number of fused-ring (bicyclic) bond motifs is 1. The van der Waals surface area contributed by atoms with E-state index in [0.717, 1.165) is 31.0 Å². The van der Waals surface area contributed by atoms with Gasteiger partial charge in [0.25, 0.3) is 0 Å². The largest absolute Gasteiger partial charge is 0.347 e. The van der Waals surface area contributed by atoms with Crippen molar-refractivity contribution in [1.29, 1.82) is 0 Å². The first kappa shape index (κ1) is 14.5. The first-order valence-electron chi connectivity index (χ1n) is 7.81. The minimum absolute atomic E-state index is 0.128. The summed E-state index contributed by atoms with van der Waals surface area (Å²) in [5.74, 6) is 0.835. The first-order chi connectivity index (χ1) is 10.1. The quantitative estimate of drug-likeness (QED) is 0.836. The SMILES string of the molecule is CN1CCC(CN(C)C(=O)C2Cc3nc[nH]c3CN2)CC1. The molecule has 1 aromatic heterocycles. The van der Waals surface area contributed by atoms with E-state index in [1.165, 1.54) is 12.8 Å². The number of H-pyrrole nitrogens is 1. The maximum Gasteiger partial charge on any atom is 0.239 e. The van der Waals surface area contributed by atoms with Crippen LogP contribution in [0.5, 0.6) is 0 Å². The Hall–Kier alpha value is -1.40. The molecular weight excluding hydrogens is 266 g/mol. The van der Waals surface area contributed by atoms with E-state index in [0.29, 0.717) is 18.9 Å². The van der Waals surface area contributed by atoms with Gasteiger partial charge >= 0.3 is 0 Å². The van der Waals surface area contributed by atoms with Gasteiger partial charge < -0.3 is 14.8 Å². The number of nitrogens with zero attached hydrogens (tertiary/aromatic N) is 3. The summed E-state index contributed by atoms with van der Waals surface area (Å²) in [4.78, 5) is 24.3. The van der Waals surface area contributed by atoms with Crippen LogP contribution in [0.2, 0.25) is 0 Å². The molecular formula is C15H25N5O. The Labute approximate surface area is 125 Å². The topological polar surface area (TPSA) is 64.3 Å². The van der Waals surface area contributed by atoms with Crippen molar-refractivity contribution in [3.05, 3.63) is 17.7 Å². The van der Waals surface area contributed by atoms with Crippen LogP contribution in [-0.2, 0) is 17.8 Å². The summed E-state index contributed by atoms with van der Waals surface area (Å²) in [6.07, 6.45) is 4.78. The summed E-state index contributed by atoms with van der Waals surface area (Å²) >= 11 is 0. The summed E-state index contributed by atoms with van der Waals surface area (Å²) in [5.41, 5.74) is 2.14. The normalized spacial score (nSPS) is 23.8. The maximum atomic E-state index is 12.6. The zero-order chi connectivity index (χ0) is 14.8. The van der Waals surface area contributed by atoms with E-state index < -0.39 is 0 Å². The lowest BCUT2D eigenvalue weighted by Crippen LogP contribution is -2.49. The molecule has 2 aliphatic rings. The molecule has 1 fully saturated rings.